The molecule has 1 atom stereocenters. The number of halogens is 1. The number of fused-ring (bicyclic) bond motifs is 4. The van der Waals surface area contributed by atoms with E-state index >= 15 is 0 Å². The minimum Gasteiger partial charge on any atom is -0.507 e. The molecule has 9 nitrogen and oxygen atoms in total. The number of Topliss-reactive ketones (excluding diaryl/α,β-unsaturated/α-hetero) is 2. The molecule has 0 amide bonds. The second-order valence-electron chi connectivity index (χ2n) is 9.46. The standard InChI is InChI=1S/C27H24ClN3O6/c1-11-23(34)21(13(3)32)25-22(24(11)35)27(4)18(37-25)9-17(33)20(26(27)36)12(2)29-10-19-30-15-8-14(28)6-7-16(15)31(19)5/h6-9,29,34-35H,10H2,1-5H3/t27-/m0/s1. The predicted octanol–water partition coefficient (Wildman–Crippen LogP) is 3.90. The van der Waals surface area contributed by atoms with Crippen LogP contribution in [0.1, 0.15) is 48.1 Å². The number of carbonyl (C=O) groups is 3. The highest BCUT2D eigenvalue weighted by Crippen LogP contribution is 2.57. The minimum absolute atomic E-state index is 0.0101. The van der Waals surface area contributed by atoms with Gasteiger partial charge in [0.1, 0.15) is 39.8 Å². The fourth-order valence-corrected chi connectivity index (χ4v) is 5.21. The molecular formula is C27H24ClN3O6. The zero-order valence-electron chi connectivity index (χ0n) is 20.8. The van der Waals surface area contributed by atoms with Gasteiger partial charge in [0.15, 0.2) is 17.3 Å². The van der Waals surface area contributed by atoms with Crippen LogP contribution in [0.15, 0.2) is 41.3 Å². The summed E-state index contributed by atoms with van der Waals surface area (Å²) in [7, 11) is 1.86. The van der Waals surface area contributed by atoms with Crippen molar-refractivity contribution in [1.29, 1.82) is 0 Å². The van der Waals surface area contributed by atoms with Crippen LogP contribution in [-0.2, 0) is 28.6 Å². The Kier molecular flexibility index (Phi) is 5.45. The van der Waals surface area contributed by atoms with Crippen molar-refractivity contribution < 1.29 is 29.3 Å². The lowest BCUT2D eigenvalue weighted by molar-refractivity contribution is -0.123. The average molecular weight is 522 g/mol. The third kappa shape index (κ3) is 3.37. The average Bonchev–Trinajstić information content (AvgIpc) is 3.30. The van der Waals surface area contributed by atoms with E-state index in [1.54, 1.807) is 19.1 Å². The Hall–Kier alpha value is -4.11. The number of phenolic OH excluding ortho intramolecular Hbond substituents is 2. The summed E-state index contributed by atoms with van der Waals surface area (Å²) in [6.07, 6.45) is 1.19. The number of nitrogens with zero attached hydrogens (tertiary/aromatic N) is 2. The number of aromatic nitrogens is 2. The number of aromatic hydroxyl groups is 2. The summed E-state index contributed by atoms with van der Waals surface area (Å²) >= 11 is 6.08. The van der Waals surface area contributed by atoms with E-state index < -0.39 is 28.5 Å². The van der Waals surface area contributed by atoms with Gasteiger partial charge in [0.2, 0.25) is 0 Å². The number of ketones is 3. The van der Waals surface area contributed by atoms with Crippen LogP contribution in [0.25, 0.3) is 11.0 Å². The van der Waals surface area contributed by atoms with Crippen molar-refractivity contribution in [2.75, 3.05) is 0 Å². The Morgan fingerprint density at radius 3 is 2.59 bits per heavy atom. The van der Waals surface area contributed by atoms with E-state index in [1.165, 1.54) is 26.8 Å². The molecule has 5 rings (SSSR count). The molecular weight excluding hydrogens is 498 g/mol. The highest BCUT2D eigenvalue weighted by Gasteiger charge is 2.56. The van der Waals surface area contributed by atoms with Crippen molar-refractivity contribution in [3.8, 4) is 17.2 Å². The molecule has 3 aromatic rings. The number of imidazole rings is 1. The van der Waals surface area contributed by atoms with Crippen LogP contribution in [0.5, 0.6) is 17.2 Å². The highest BCUT2D eigenvalue weighted by molar-refractivity contribution is 6.31. The third-order valence-corrected chi connectivity index (χ3v) is 7.44. The molecule has 0 fully saturated rings. The number of ether oxygens (including phenoxy) is 1. The lowest BCUT2D eigenvalue weighted by atomic mass is 9.70. The fourth-order valence-electron chi connectivity index (χ4n) is 5.04. The molecule has 10 heteroatoms. The summed E-state index contributed by atoms with van der Waals surface area (Å²) in [6.45, 7) is 6.06. The molecule has 37 heavy (non-hydrogen) atoms. The van der Waals surface area contributed by atoms with Crippen LogP contribution in [0.3, 0.4) is 0 Å². The number of hydrogen-bond donors (Lipinski definition) is 3. The molecule has 0 spiro atoms. The second kappa shape index (κ2) is 8.21. The summed E-state index contributed by atoms with van der Waals surface area (Å²) in [6, 6.07) is 5.39. The molecule has 2 aromatic carbocycles. The molecule has 0 saturated heterocycles. The van der Waals surface area contributed by atoms with E-state index in [9.17, 15) is 24.6 Å². The van der Waals surface area contributed by atoms with Crippen molar-refractivity contribution in [1.82, 2.24) is 14.9 Å². The van der Waals surface area contributed by atoms with Crippen molar-refractivity contribution in [2.45, 2.75) is 39.7 Å². The van der Waals surface area contributed by atoms with Crippen LogP contribution in [0, 0.1) is 6.92 Å². The third-order valence-electron chi connectivity index (χ3n) is 7.21. The van der Waals surface area contributed by atoms with Gasteiger partial charge in [-0.05, 0) is 45.9 Å². The van der Waals surface area contributed by atoms with Gasteiger partial charge in [-0.25, -0.2) is 4.98 Å². The molecule has 0 unspecified atom stereocenters. The monoisotopic (exact) mass is 521 g/mol. The van der Waals surface area contributed by atoms with Gasteiger partial charge < -0.3 is 24.8 Å². The van der Waals surface area contributed by atoms with Crippen molar-refractivity contribution >= 4 is 40.0 Å². The van der Waals surface area contributed by atoms with E-state index in [4.69, 9.17) is 16.3 Å². The van der Waals surface area contributed by atoms with Crippen LogP contribution < -0.4 is 10.1 Å². The molecule has 3 N–H and O–H groups in total. The number of allylic oxidation sites excluding steroid dienone is 4. The second-order valence-corrected chi connectivity index (χ2v) is 9.90. The minimum atomic E-state index is -1.57. The predicted molar refractivity (Wildman–Crippen MR) is 136 cm³/mol. The number of carbonyl (C=O) groups excluding carboxylic acids is 3. The first-order valence-corrected chi connectivity index (χ1v) is 11.9. The quantitative estimate of drug-likeness (QED) is 0.268. The van der Waals surface area contributed by atoms with Crippen molar-refractivity contribution in [2.24, 2.45) is 7.05 Å². The molecule has 1 aliphatic carbocycles. The lowest BCUT2D eigenvalue weighted by Crippen LogP contribution is -2.41. The number of rotatable bonds is 4. The molecule has 2 aliphatic rings. The molecule has 190 valence electrons. The van der Waals surface area contributed by atoms with Gasteiger partial charge in [-0.2, -0.15) is 0 Å². The van der Waals surface area contributed by atoms with Gasteiger partial charge in [0.25, 0.3) is 0 Å². The number of aryl methyl sites for hydroxylation is 1. The first-order chi connectivity index (χ1) is 17.4. The maximum absolute atomic E-state index is 13.9. The first kappa shape index (κ1) is 24.6. The van der Waals surface area contributed by atoms with Gasteiger partial charge >= 0.3 is 0 Å². The van der Waals surface area contributed by atoms with Gasteiger partial charge in [0, 0.05) is 29.4 Å². The number of phenols is 2. The maximum atomic E-state index is 13.9. The molecule has 0 radical (unpaired) electrons. The van der Waals surface area contributed by atoms with E-state index in [1.807, 2.05) is 17.7 Å². The molecule has 2 heterocycles. The number of nitrogens with one attached hydrogen (secondary N) is 1. The van der Waals surface area contributed by atoms with Crippen LogP contribution >= 0.6 is 11.6 Å². The van der Waals surface area contributed by atoms with Crippen LogP contribution in [0.2, 0.25) is 5.02 Å². The van der Waals surface area contributed by atoms with Gasteiger partial charge in [-0.1, -0.05) is 11.6 Å². The van der Waals surface area contributed by atoms with Crippen molar-refractivity contribution in [3.63, 3.8) is 0 Å². The largest absolute Gasteiger partial charge is 0.507 e. The van der Waals surface area contributed by atoms with Crippen LogP contribution in [0.4, 0.5) is 0 Å². The molecule has 1 aliphatic heterocycles. The summed E-state index contributed by atoms with van der Waals surface area (Å²) in [4.78, 5) is 43.9. The van der Waals surface area contributed by atoms with E-state index in [-0.39, 0.29) is 46.1 Å². The van der Waals surface area contributed by atoms with E-state index in [2.05, 4.69) is 10.3 Å². The Morgan fingerprint density at radius 2 is 1.92 bits per heavy atom. The molecule has 0 saturated carbocycles. The molecule has 0 bridgehead atoms. The van der Waals surface area contributed by atoms with Crippen molar-refractivity contribution in [3.05, 3.63) is 68.8 Å². The number of benzene rings is 2. The Balaban J connectivity index is 1.57. The highest BCUT2D eigenvalue weighted by atomic mass is 35.5. The normalized spacial score (nSPS) is 19.9. The summed E-state index contributed by atoms with van der Waals surface area (Å²) < 4.78 is 7.68. The maximum Gasteiger partial charge on any atom is 0.194 e. The van der Waals surface area contributed by atoms with E-state index in [0.717, 1.165) is 11.0 Å². The van der Waals surface area contributed by atoms with E-state index in [0.29, 0.717) is 16.5 Å². The lowest BCUT2D eigenvalue weighted by Gasteiger charge is -2.29. The summed E-state index contributed by atoms with van der Waals surface area (Å²) in [5, 5.41) is 25.1. The fraction of sp³-hybridized carbons (Fsp3) is 0.259. The Morgan fingerprint density at radius 1 is 1.22 bits per heavy atom. The zero-order valence-corrected chi connectivity index (χ0v) is 21.6. The van der Waals surface area contributed by atoms with Crippen LogP contribution in [-0.4, -0.2) is 37.1 Å². The smallest absolute Gasteiger partial charge is 0.194 e. The zero-order chi connectivity index (χ0) is 27.0. The first-order valence-electron chi connectivity index (χ1n) is 11.5. The summed E-state index contributed by atoms with van der Waals surface area (Å²) in [5.74, 6) is -1.92. The SMILES string of the molecule is CC(=O)c1c(O)c(C)c(O)c2c1OC1=CC(=O)C(=C(C)NCc3nc4cc(Cl)ccc4n3C)C(=O)[C@@]12C. The van der Waals surface area contributed by atoms with Gasteiger partial charge in [-0.3, -0.25) is 14.4 Å². The Bertz CT molecular complexity index is 1650. The number of hydrogen-bond acceptors (Lipinski definition) is 8. The Labute approximate surface area is 217 Å². The summed E-state index contributed by atoms with van der Waals surface area (Å²) in [5.41, 5.74) is 0.207. The molecule has 1 aromatic heterocycles. The van der Waals surface area contributed by atoms with Gasteiger partial charge in [-0.15, -0.1) is 0 Å². The topological polar surface area (TPSA) is 131 Å². The van der Waals surface area contributed by atoms with Gasteiger partial charge in [0.05, 0.1) is 28.7 Å².